The van der Waals surface area contributed by atoms with Gasteiger partial charge in [0.25, 0.3) is 0 Å². The van der Waals surface area contributed by atoms with E-state index in [0.29, 0.717) is 5.92 Å². The van der Waals surface area contributed by atoms with E-state index < -0.39 is 0 Å². The first-order valence-electron chi connectivity index (χ1n) is 7.55. The van der Waals surface area contributed by atoms with Crippen LogP contribution >= 0.6 is 11.3 Å². The molecule has 1 N–H and O–H groups in total. The molecule has 0 spiro atoms. The number of amides is 1. The predicted octanol–water partition coefficient (Wildman–Crippen LogP) is 4.14. The minimum absolute atomic E-state index is 0.233. The van der Waals surface area contributed by atoms with E-state index in [-0.39, 0.29) is 5.91 Å². The van der Waals surface area contributed by atoms with Gasteiger partial charge >= 0.3 is 0 Å². The van der Waals surface area contributed by atoms with Crippen LogP contribution in [0.5, 0.6) is 0 Å². The van der Waals surface area contributed by atoms with Gasteiger partial charge in [0.05, 0.1) is 0 Å². The van der Waals surface area contributed by atoms with Gasteiger partial charge in [-0.15, -0.1) is 11.3 Å². The molecule has 1 aliphatic carbocycles. The number of thiophene rings is 1. The minimum atomic E-state index is 0.233. The first-order chi connectivity index (χ1) is 9.83. The number of nitrogens with one attached hydrogen (secondary N) is 1. The molecule has 0 aliphatic heterocycles. The molecule has 1 heterocycles. The molecule has 106 valence electrons. The highest BCUT2D eigenvalue weighted by atomic mass is 32.1. The predicted molar refractivity (Wildman–Crippen MR) is 85.1 cm³/mol. The Hall–Kier alpha value is -1.35. The van der Waals surface area contributed by atoms with E-state index in [2.05, 4.69) is 35.0 Å². The standard InChI is InChI=1S/C17H21NOS/c19-17(11-13-5-1-2-6-13)18-10-9-14-12-20-16-8-4-3-7-15(14)16/h3-4,7-8,12-13H,1-2,5-6,9-11H2,(H,18,19). The number of hydrogen-bond acceptors (Lipinski definition) is 2. The maximum atomic E-state index is 11.9. The van der Waals surface area contributed by atoms with Crippen LogP contribution in [0.4, 0.5) is 0 Å². The summed E-state index contributed by atoms with van der Waals surface area (Å²) in [6.07, 6.45) is 6.74. The zero-order chi connectivity index (χ0) is 13.8. The molecular weight excluding hydrogens is 266 g/mol. The van der Waals surface area contributed by atoms with Gasteiger partial charge in [-0.25, -0.2) is 0 Å². The first kappa shape index (κ1) is 13.6. The number of benzene rings is 1. The van der Waals surface area contributed by atoms with Crippen molar-refractivity contribution < 1.29 is 4.79 Å². The van der Waals surface area contributed by atoms with Crippen LogP contribution in [0.2, 0.25) is 0 Å². The van der Waals surface area contributed by atoms with E-state index in [1.165, 1.54) is 41.3 Å². The normalized spacial score (nSPS) is 15.8. The third kappa shape index (κ3) is 3.21. The van der Waals surface area contributed by atoms with Crippen molar-refractivity contribution in [3.05, 3.63) is 35.2 Å². The Bertz CT molecular complexity index is 583. The van der Waals surface area contributed by atoms with Crippen LogP contribution in [0.25, 0.3) is 10.1 Å². The minimum Gasteiger partial charge on any atom is -0.356 e. The van der Waals surface area contributed by atoms with E-state index in [4.69, 9.17) is 0 Å². The van der Waals surface area contributed by atoms with Crippen LogP contribution in [-0.2, 0) is 11.2 Å². The molecule has 1 aromatic heterocycles. The fourth-order valence-corrected chi connectivity index (χ4v) is 4.11. The molecule has 0 bridgehead atoms. The van der Waals surface area contributed by atoms with Crippen LogP contribution in [0.1, 0.15) is 37.7 Å². The highest BCUT2D eigenvalue weighted by Gasteiger charge is 2.18. The largest absolute Gasteiger partial charge is 0.356 e. The summed E-state index contributed by atoms with van der Waals surface area (Å²) >= 11 is 1.79. The average Bonchev–Trinajstić information content (AvgIpc) is 3.09. The van der Waals surface area contributed by atoms with Crippen LogP contribution < -0.4 is 5.32 Å². The lowest BCUT2D eigenvalue weighted by Gasteiger charge is -2.09. The van der Waals surface area contributed by atoms with Gasteiger partial charge in [-0.3, -0.25) is 4.79 Å². The lowest BCUT2D eigenvalue weighted by molar-refractivity contribution is -0.121. The number of carbonyl (C=O) groups is 1. The molecular formula is C17H21NOS. The summed E-state index contributed by atoms with van der Waals surface area (Å²) in [4.78, 5) is 11.9. The topological polar surface area (TPSA) is 29.1 Å². The summed E-state index contributed by atoms with van der Waals surface area (Å²) in [7, 11) is 0. The average molecular weight is 287 g/mol. The van der Waals surface area contributed by atoms with Crippen molar-refractivity contribution >= 4 is 27.3 Å². The van der Waals surface area contributed by atoms with Crippen molar-refractivity contribution in [2.45, 2.75) is 38.5 Å². The molecule has 0 unspecified atom stereocenters. The van der Waals surface area contributed by atoms with Gasteiger partial charge in [-0.1, -0.05) is 31.0 Å². The van der Waals surface area contributed by atoms with Crippen molar-refractivity contribution in [2.24, 2.45) is 5.92 Å². The van der Waals surface area contributed by atoms with Gasteiger partial charge < -0.3 is 5.32 Å². The molecule has 20 heavy (non-hydrogen) atoms. The monoisotopic (exact) mass is 287 g/mol. The van der Waals surface area contributed by atoms with Gasteiger partial charge in [0, 0.05) is 17.7 Å². The fourth-order valence-electron chi connectivity index (χ4n) is 3.11. The van der Waals surface area contributed by atoms with Crippen molar-refractivity contribution in [1.29, 1.82) is 0 Å². The number of hydrogen-bond donors (Lipinski definition) is 1. The molecule has 0 saturated heterocycles. The summed E-state index contributed by atoms with van der Waals surface area (Å²) in [5.41, 5.74) is 1.35. The third-order valence-corrected chi connectivity index (χ3v) is 5.24. The fraction of sp³-hybridized carbons (Fsp3) is 0.471. The molecule has 0 radical (unpaired) electrons. The van der Waals surface area contributed by atoms with E-state index >= 15 is 0 Å². The van der Waals surface area contributed by atoms with Crippen LogP contribution in [-0.4, -0.2) is 12.5 Å². The van der Waals surface area contributed by atoms with Gasteiger partial charge in [0.2, 0.25) is 5.91 Å². The van der Waals surface area contributed by atoms with Crippen molar-refractivity contribution in [2.75, 3.05) is 6.54 Å². The highest BCUT2D eigenvalue weighted by molar-refractivity contribution is 7.17. The van der Waals surface area contributed by atoms with E-state index in [1.54, 1.807) is 11.3 Å². The molecule has 1 saturated carbocycles. The van der Waals surface area contributed by atoms with Crippen molar-refractivity contribution in [3.8, 4) is 0 Å². The van der Waals surface area contributed by atoms with Crippen LogP contribution in [0, 0.1) is 5.92 Å². The summed E-state index contributed by atoms with van der Waals surface area (Å²) < 4.78 is 1.33. The summed E-state index contributed by atoms with van der Waals surface area (Å²) in [5.74, 6) is 0.869. The SMILES string of the molecule is O=C(CC1CCCC1)NCCc1csc2ccccc12. The Morgan fingerprint density at radius 2 is 2.05 bits per heavy atom. The Morgan fingerprint density at radius 1 is 1.25 bits per heavy atom. The Morgan fingerprint density at radius 3 is 2.90 bits per heavy atom. The molecule has 2 nitrogen and oxygen atoms in total. The van der Waals surface area contributed by atoms with Gasteiger partial charge in [0.1, 0.15) is 0 Å². The Kier molecular flexibility index (Phi) is 4.36. The molecule has 1 aromatic carbocycles. The van der Waals surface area contributed by atoms with E-state index in [9.17, 15) is 4.79 Å². The molecule has 3 rings (SSSR count). The Balaban J connectivity index is 1.48. The molecule has 1 aliphatic rings. The maximum Gasteiger partial charge on any atom is 0.220 e. The van der Waals surface area contributed by atoms with E-state index in [0.717, 1.165) is 19.4 Å². The lowest BCUT2D eigenvalue weighted by Crippen LogP contribution is -2.27. The summed E-state index contributed by atoms with van der Waals surface area (Å²) in [6.45, 7) is 0.756. The van der Waals surface area contributed by atoms with Gasteiger partial charge in [-0.2, -0.15) is 0 Å². The van der Waals surface area contributed by atoms with Crippen LogP contribution in [0.3, 0.4) is 0 Å². The second-order valence-corrected chi connectivity index (χ2v) is 6.62. The first-order valence-corrected chi connectivity index (χ1v) is 8.43. The second kappa shape index (κ2) is 6.40. The van der Waals surface area contributed by atoms with E-state index in [1.807, 2.05) is 0 Å². The van der Waals surface area contributed by atoms with Gasteiger partial charge in [-0.05, 0) is 47.6 Å². The molecule has 2 aromatic rings. The summed E-state index contributed by atoms with van der Waals surface area (Å²) in [6, 6.07) is 8.48. The quantitative estimate of drug-likeness (QED) is 0.879. The second-order valence-electron chi connectivity index (χ2n) is 5.71. The molecule has 0 atom stereocenters. The summed E-state index contributed by atoms with van der Waals surface area (Å²) in [5, 5.41) is 6.63. The van der Waals surface area contributed by atoms with Crippen molar-refractivity contribution in [1.82, 2.24) is 5.32 Å². The maximum absolute atomic E-state index is 11.9. The zero-order valence-corrected chi connectivity index (χ0v) is 12.5. The Labute approximate surface area is 124 Å². The third-order valence-electron chi connectivity index (χ3n) is 4.23. The lowest BCUT2D eigenvalue weighted by atomic mass is 10.0. The molecule has 1 fully saturated rings. The zero-order valence-electron chi connectivity index (χ0n) is 11.7. The van der Waals surface area contributed by atoms with Crippen molar-refractivity contribution in [3.63, 3.8) is 0 Å². The molecule has 3 heteroatoms. The molecule has 1 amide bonds. The number of rotatable bonds is 5. The smallest absolute Gasteiger partial charge is 0.220 e. The number of fused-ring (bicyclic) bond motifs is 1. The highest BCUT2D eigenvalue weighted by Crippen LogP contribution is 2.27. The number of carbonyl (C=O) groups excluding carboxylic acids is 1. The van der Waals surface area contributed by atoms with Crippen LogP contribution in [0.15, 0.2) is 29.6 Å². The van der Waals surface area contributed by atoms with Gasteiger partial charge in [0.15, 0.2) is 0 Å².